The molecule has 5 N–H and O–H groups in total. The third-order valence-corrected chi connectivity index (χ3v) is 7.80. The monoisotopic (exact) mass is 455 g/mol. The summed E-state index contributed by atoms with van der Waals surface area (Å²) in [6.45, 7) is 1.71. The van der Waals surface area contributed by atoms with Crippen LogP contribution in [0, 0.1) is 5.41 Å². The molecule has 30 heavy (non-hydrogen) atoms. The van der Waals surface area contributed by atoms with E-state index in [0.29, 0.717) is 38.9 Å². The van der Waals surface area contributed by atoms with Crippen LogP contribution in [0.15, 0.2) is 37.1 Å². The minimum Gasteiger partial charge on any atom is -0.317 e. The topological polar surface area (TPSA) is 190 Å². The third-order valence-electron chi connectivity index (χ3n) is 5.73. The molecule has 1 spiro atoms. The molecule has 0 aromatic heterocycles. The van der Waals surface area contributed by atoms with Crippen LogP contribution in [0.25, 0.3) is 0 Å². The number of nitrogens with two attached hydrogens (primary N) is 2. The van der Waals surface area contributed by atoms with Crippen molar-refractivity contribution in [1.82, 2.24) is 5.32 Å². The Balaban J connectivity index is 1.96. The fourth-order valence-electron chi connectivity index (χ4n) is 4.28. The summed E-state index contributed by atoms with van der Waals surface area (Å²) in [5.74, 6) is -0.261. The minimum atomic E-state index is -4.58. The van der Waals surface area contributed by atoms with E-state index in [4.69, 9.17) is 10.3 Å². The van der Waals surface area contributed by atoms with Gasteiger partial charge in [0.2, 0.25) is 26.0 Å². The van der Waals surface area contributed by atoms with Crippen LogP contribution in [0.4, 0.5) is 5.69 Å². The first kappa shape index (κ1) is 21.0. The number of nitrogens with zero attached hydrogens (tertiary/aromatic N) is 4. The number of nitrogens with one attached hydrogen (secondary N) is 1. The van der Waals surface area contributed by atoms with E-state index in [9.17, 15) is 21.6 Å². The molecule has 0 saturated carbocycles. The van der Waals surface area contributed by atoms with Crippen molar-refractivity contribution >= 4 is 37.5 Å². The van der Waals surface area contributed by atoms with E-state index >= 15 is 0 Å². The molecule has 2 fully saturated rings. The number of piperidine rings is 1. The quantitative estimate of drug-likeness (QED) is 0.535. The maximum atomic E-state index is 13.4. The van der Waals surface area contributed by atoms with Crippen LogP contribution in [0.3, 0.4) is 0 Å². The summed E-state index contributed by atoms with van der Waals surface area (Å²) in [7, 11) is -9.02. The number of azo groups is 1. The molecule has 0 radical (unpaired) electrons. The second-order valence-electron chi connectivity index (χ2n) is 7.48. The Kier molecular flexibility index (Phi) is 5.01. The van der Waals surface area contributed by atoms with Crippen molar-refractivity contribution in [3.63, 3.8) is 0 Å². The zero-order valence-corrected chi connectivity index (χ0v) is 17.5. The number of rotatable bonds is 4. The SMILES string of the molecule is NS(=O)(=O)c1ccc(N2CCC3(CCNCC3)C2=O)c(C2=NCN=N2)c1S(N)(=O)=O. The third kappa shape index (κ3) is 3.43. The number of carbonyl (C=O) groups is 1. The Morgan fingerprint density at radius 1 is 1.03 bits per heavy atom. The van der Waals surface area contributed by atoms with Gasteiger partial charge in [0.15, 0.2) is 12.5 Å². The fourth-order valence-corrected chi connectivity index (χ4v) is 6.42. The standard InChI is InChI=1S/C16H21N7O5S2/c17-29(25,26)11-2-1-10(12(13(11)30(18,27)28)14-20-9-21-22-14)23-8-5-16(15(23)24)3-6-19-7-4-16/h1-2,19H,3-9H2,(H2,17,25,26)(H2,18,27,28). The Labute approximate surface area is 173 Å². The lowest BCUT2D eigenvalue weighted by Crippen LogP contribution is -2.43. The molecule has 1 aromatic carbocycles. The molecule has 2 saturated heterocycles. The van der Waals surface area contributed by atoms with Crippen LogP contribution in [0.1, 0.15) is 24.8 Å². The number of benzene rings is 1. The summed E-state index contributed by atoms with van der Waals surface area (Å²) in [6.07, 6.45) is 1.92. The molecule has 3 heterocycles. The predicted molar refractivity (Wildman–Crippen MR) is 107 cm³/mol. The molecule has 0 aliphatic carbocycles. The lowest BCUT2D eigenvalue weighted by atomic mass is 9.77. The van der Waals surface area contributed by atoms with Crippen LogP contribution in [-0.4, -0.2) is 54.9 Å². The second kappa shape index (κ2) is 7.16. The molecule has 14 heteroatoms. The van der Waals surface area contributed by atoms with Gasteiger partial charge in [0.05, 0.1) is 16.7 Å². The largest absolute Gasteiger partial charge is 0.317 e. The summed E-state index contributed by atoms with van der Waals surface area (Å²) in [4.78, 5) is 17.5. The average Bonchev–Trinajstić information content (AvgIpc) is 3.30. The van der Waals surface area contributed by atoms with Crippen LogP contribution < -0.4 is 20.5 Å². The highest BCUT2D eigenvalue weighted by molar-refractivity contribution is 7.92. The summed E-state index contributed by atoms with van der Waals surface area (Å²) in [6, 6.07) is 2.39. The van der Waals surface area contributed by atoms with Gasteiger partial charge in [-0.25, -0.2) is 32.1 Å². The van der Waals surface area contributed by atoms with Crippen molar-refractivity contribution < 1.29 is 21.6 Å². The van der Waals surface area contributed by atoms with Gasteiger partial charge in [-0.2, -0.15) is 5.11 Å². The smallest absolute Gasteiger partial charge is 0.240 e. The summed E-state index contributed by atoms with van der Waals surface area (Å²) >= 11 is 0. The van der Waals surface area contributed by atoms with Gasteiger partial charge in [0, 0.05) is 6.54 Å². The van der Waals surface area contributed by atoms with E-state index in [-0.39, 0.29) is 29.7 Å². The number of carbonyl (C=O) groups excluding carboxylic acids is 1. The van der Waals surface area contributed by atoms with E-state index < -0.39 is 35.3 Å². The van der Waals surface area contributed by atoms with Gasteiger partial charge >= 0.3 is 0 Å². The van der Waals surface area contributed by atoms with Crippen LogP contribution in [-0.2, 0) is 24.8 Å². The van der Waals surface area contributed by atoms with Crippen molar-refractivity contribution in [3.05, 3.63) is 17.7 Å². The second-order valence-corrected chi connectivity index (χ2v) is 10.5. The summed E-state index contributed by atoms with van der Waals surface area (Å²) < 4.78 is 49.0. The molecular formula is C16H21N7O5S2. The number of hydrogen-bond donors (Lipinski definition) is 3. The maximum absolute atomic E-state index is 13.4. The van der Waals surface area contributed by atoms with Gasteiger partial charge in [0.25, 0.3) is 0 Å². The van der Waals surface area contributed by atoms with E-state index in [2.05, 4.69) is 20.5 Å². The Morgan fingerprint density at radius 3 is 2.30 bits per heavy atom. The van der Waals surface area contributed by atoms with Crippen LogP contribution >= 0.6 is 0 Å². The molecular weight excluding hydrogens is 434 g/mol. The number of amidine groups is 1. The van der Waals surface area contributed by atoms with Gasteiger partial charge < -0.3 is 10.2 Å². The molecule has 162 valence electrons. The molecule has 12 nitrogen and oxygen atoms in total. The zero-order valence-electron chi connectivity index (χ0n) is 15.9. The normalized spacial score (nSPS) is 21.5. The first-order valence-electron chi connectivity index (χ1n) is 9.22. The van der Waals surface area contributed by atoms with Crippen molar-refractivity contribution in [2.24, 2.45) is 30.9 Å². The number of anilines is 1. The predicted octanol–water partition coefficient (Wildman–Crippen LogP) is -0.742. The van der Waals surface area contributed by atoms with Gasteiger partial charge in [-0.05, 0) is 44.5 Å². The highest BCUT2D eigenvalue weighted by atomic mass is 32.2. The number of hydrogen-bond acceptors (Lipinski definition) is 9. The molecule has 1 aromatic rings. The van der Waals surface area contributed by atoms with Gasteiger partial charge in [-0.1, -0.05) is 0 Å². The lowest BCUT2D eigenvalue weighted by molar-refractivity contribution is -0.126. The molecule has 3 aliphatic heterocycles. The van der Waals surface area contributed by atoms with E-state index in [1.807, 2.05) is 0 Å². The molecule has 1 amide bonds. The van der Waals surface area contributed by atoms with Crippen molar-refractivity contribution in [2.45, 2.75) is 29.1 Å². The molecule has 3 aliphatic rings. The van der Waals surface area contributed by atoms with Gasteiger partial charge in [0.1, 0.15) is 9.79 Å². The zero-order chi connectivity index (χ0) is 21.7. The minimum absolute atomic E-state index is 0.0536. The Morgan fingerprint density at radius 2 is 1.73 bits per heavy atom. The van der Waals surface area contributed by atoms with Crippen LogP contribution in [0.5, 0.6) is 0 Å². The van der Waals surface area contributed by atoms with Gasteiger partial charge in [-0.3, -0.25) is 4.79 Å². The number of primary sulfonamides is 2. The highest BCUT2D eigenvalue weighted by Crippen LogP contribution is 2.44. The highest BCUT2D eigenvalue weighted by Gasteiger charge is 2.48. The molecule has 4 rings (SSSR count). The van der Waals surface area contributed by atoms with Crippen molar-refractivity contribution in [2.75, 3.05) is 31.2 Å². The Bertz CT molecular complexity index is 1180. The van der Waals surface area contributed by atoms with E-state index in [0.717, 1.165) is 6.07 Å². The lowest BCUT2D eigenvalue weighted by Gasteiger charge is -2.32. The molecule has 0 unspecified atom stereocenters. The van der Waals surface area contributed by atoms with Crippen molar-refractivity contribution in [1.29, 1.82) is 0 Å². The first-order valence-corrected chi connectivity index (χ1v) is 12.3. The maximum Gasteiger partial charge on any atom is 0.240 e. The molecule has 0 atom stereocenters. The van der Waals surface area contributed by atoms with E-state index in [1.165, 1.54) is 11.0 Å². The fraction of sp³-hybridized carbons (Fsp3) is 0.500. The number of aliphatic imine (C=N–C) groups is 1. The van der Waals surface area contributed by atoms with E-state index in [1.54, 1.807) is 0 Å². The summed E-state index contributed by atoms with van der Waals surface area (Å²) in [5, 5.41) is 21.4. The molecule has 0 bridgehead atoms. The summed E-state index contributed by atoms with van der Waals surface area (Å²) in [5.41, 5.74) is -0.543. The van der Waals surface area contributed by atoms with Crippen molar-refractivity contribution in [3.8, 4) is 0 Å². The van der Waals surface area contributed by atoms with Crippen LogP contribution in [0.2, 0.25) is 0 Å². The number of amides is 1. The average molecular weight is 456 g/mol. The number of sulfonamides is 2. The first-order chi connectivity index (χ1) is 14.0. The van der Waals surface area contributed by atoms with Gasteiger partial charge in [-0.15, -0.1) is 5.11 Å². The Hall–Kier alpha value is -2.26.